The number of hydrogen-bond acceptors (Lipinski definition) is 4. The highest BCUT2D eigenvalue weighted by atomic mass is 79.9. The van der Waals surface area contributed by atoms with E-state index in [2.05, 4.69) is 33.0 Å². The molecule has 0 atom stereocenters. The first-order valence-corrected chi connectivity index (χ1v) is 8.23. The lowest BCUT2D eigenvalue weighted by atomic mass is 10.2. The minimum Gasteiger partial charge on any atom is -0.339 e. The van der Waals surface area contributed by atoms with Gasteiger partial charge in [0.05, 0.1) is 9.33 Å². The summed E-state index contributed by atoms with van der Waals surface area (Å²) >= 11 is 5.26. The van der Waals surface area contributed by atoms with Crippen molar-refractivity contribution in [3.05, 3.63) is 20.8 Å². The van der Waals surface area contributed by atoms with Gasteiger partial charge in [-0.25, -0.2) is 0 Å². The highest BCUT2D eigenvalue weighted by Crippen LogP contribution is 2.34. The quantitative estimate of drug-likeness (QED) is 0.907. The molecule has 19 heavy (non-hydrogen) atoms. The van der Waals surface area contributed by atoms with Crippen molar-refractivity contribution in [2.24, 2.45) is 5.73 Å². The fourth-order valence-corrected chi connectivity index (χ4v) is 3.96. The summed E-state index contributed by atoms with van der Waals surface area (Å²) in [7, 11) is 0. The van der Waals surface area contributed by atoms with Crippen LogP contribution in [0.3, 0.4) is 0 Å². The summed E-state index contributed by atoms with van der Waals surface area (Å²) in [5.74, 6) is 0.158. The molecule has 0 spiro atoms. The zero-order valence-corrected chi connectivity index (χ0v) is 13.2. The van der Waals surface area contributed by atoms with Gasteiger partial charge in [-0.15, -0.1) is 11.3 Å². The SMILES string of the molecule is NC1(C(=O)N2CCN(Cc3ccc(Br)s3)CC2)CC1. The number of amides is 1. The summed E-state index contributed by atoms with van der Waals surface area (Å²) in [5, 5.41) is 0. The van der Waals surface area contributed by atoms with Crippen molar-refractivity contribution >= 4 is 33.2 Å². The van der Waals surface area contributed by atoms with Crippen molar-refractivity contribution < 1.29 is 4.79 Å². The summed E-state index contributed by atoms with van der Waals surface area (Å²) < 4.78 is 1.18. The first kappa shape index (κ1) is 13.5. The van der Waals surface area contributed by atoms with Crippen LogP contribution >= 0.6 is 27.3 Å². The molecule has 1 aromatic heterocycles. The van der Waals surface area contributed by atoms with Gasteiger partial charge in [-0.05, 0) is 40.9 Å². The third-order valence-electron chi connectivity index (χ3n) is 3.88. The molecule has 2 heterocycles. The molecule has 104 valence electrons. The molecule has 0 aromatic carbocycles. The molecule has 3 rings (SSSR count). The number of nitrogens with two attached hydrogens (primary N) is 1. The second-order valence-electron chi connectivity index (χ2n) is 5.43. The Hall–Kier alpha value is -0.430. The van der Waals surface area contributed by atoms with Crippen LogP contribution in [0, 0.1) is 0 Å². The van der Waals surface area contributed by atoms with Gasteiger partial charge in [-0.1, -0.05) is 0 Å². The molecule has 0 bridgehead atoms. The number of hydrogen-bond donors (Lipinski definition) is 1. The van der Waals surface area contributed by atoms with E-state index in [1.165, 1.54) is 8.66 Å². The lowest BCUT2D eigenvalue weighted by Gasteiger charge is -2.35. The summed E-state index contributed by atoms with van der Waals surface area (Å²) in [6, 6.07) is 4.25. The molecule has 1 aliphatic heterocycles. The Morgan fingerprint density at radius 1 is 1.32 bits per heavy atom. The smallest absolute Gasteiger partial charge is 0.242 e. The maximum Gasteiger partial charge on any atom is 0.242 e. The Kier molecular flexibility index (Phi) is 3.68. The van der Waals surface area contributed by atoms with Gasteiger partial charge in [0.25, 0.3) is 0 Å². The van der Waals surface area contributed by atoms with E-state index >= 15 is 0 Å². The highest BCUT2D eigenvalue weighted by molar-refractivity contribution is 9.11. The molecule has 0 unspecified atom stereocenters. The first-order chi connectivity index (χ1) is 9.07. The standard InChI is InChI=1S/C13H18BrN3OS/c14-11-2-1-10(19-11)9-16-5-7-17(8-6-16)12(18)13(15)3-4-13/h1-2H,3-9,15H2. The normalized spacial score (nSPS) is 22.5. The monoisotopic (exact) mass is 343 g/mol. The van der Waals surface area contributed by atoms with E-state index in [1.807, 2.05) is 4.90 Å². The molecule has 2 fully saturated rings. The largest absolute Gasteiger partial charge is 0.339 e. The molecule has 1 saturated heterocycles. The summed E-state index contributed by atoms with van der Waals surface area (Å²) in [5.41, 5.74) is 5.46. The predicted octanol–water partition coefficient (Wildman–Crippen LogP) is 1.65. The van der Waals surface area contributed by atoms with Gasteiger partial charge in [0.2, 0.25) is 5.91 Å². The first-order valence-electron chi connectivity index (χ1n) is 6.62. The van der Waals surface area contributed by atoms with E-state index in [1.54, 1.807) is 11.3 Å². The molecule has 0 radical (unpaired) electrons. The minimum atomic E-state index is -0.513. The molecule has 2 N–H and O–H groups in total. The van der Waals surface area contributed by atoms with Crippen LogP contribution in [-0.2, 0) is 11.3 Å². The number of piperazine rings is 1. The van der Waals surface area contributed by atoms with Crippen molar-refractivity contribution in [2.45, 2.75) is 24.9 Å². The topological polar surface area (TPSA) is 49.6 Å². The van der Waals surface area contributed by atoms with Crippen molar-refractivity contribution in [3.63, 3.8) is 0 Å². The van der Waals surface area contributed by atoms with E-state index in [4.69, 9.17) is 5.73 Å². The van der Waals surface area contributed by atoms with Gasteiger partial charge in [-0.3, -0.25) is 9.69 Å². The van der Waals surface area contributed by atoms with Crippen molar-refractivity contribution in [1.82, 2.24) is 9.80 Å². The van der Waals surface area contributed by atoms with Crippen LogP contribution in [0.1, 0.15) is 17.7 Å². The summed E-state index contributed by atoms with van der Waals surface area (Å²) in [6.45, 7) is 4.48. The van der Waals surface area contributed by atoms with E-state index in [0.717, 1.165) is 45.6 Å². The maximum atomic E-state index is 12.1. The highest BCUT2D eigenvalue weighted by Gasteiger charge is 2.48. The number of rotatable bonds is 3. The third-order valence-corrected chi connectivity index (χ3v) is 5.49. The number of carbonyl (C=O) groups excluding carboxylic acids is 1. The van der Waals surface area contributed by atoms with Crippen LogP contribution in [0.25, 0.3) is 0 Å². The van der Waals surface area contributed by atoms with Crippen molar-refractivity contribution in [2.75, 3.05) is 26.2 Å². The van der Waals surface area contributed by atoms with E-state index in [0.29, 0.717) is 0 Å². The van der Waals surface area contributed by atoms with Crippen LogP contribution in [0.4, 0.5) is 0 Å². The Morgan fingerprint density at radius 3 is 2.53 bits per heavy atom. The average molecular weight is 344 g/mol. The number of thiophene rings is 1. The zero-order chi connectivity index (χ0) is 13.5. The fraction of sp³-hybridized carbons (Fsp3) is 0.615. The minimum absolute atomic E-state index is 0.158. The van der Waals surface area contributed by atoms with E-state index < -0.39 is 5.54 Å². The van der Waals surface area contributed by atoms with Gasteiger partial charge < -0.3 is 10.6 Å². The van der Waals surface area contributed by atoms with Crippen LogP contribution in [0.15, 0.2) is 15.9 Å². The molecular formula is C13H18BrN3OS. The maximum absolute atomic E-state index is 12.1. The number of halogens is 1. The molecule has 6 heteroatoms. The Balaban J connectivity index is 1.50. The van der Waals surface area contributed by atoms with Gasteiger partial charge in [0.15, 0.2) is 0 Å². The molecule has 1 saturated carbocycles. The van der Waals surface area contributed by atoms with Gasteiger partial charge in [0, 0.05) is 37.6 Å². The van der Waals surface area contributed by atoms with Gasteiger partial charge in [0.1, 0.15) is 0 Å². The van der Waals surface area contributed by atoms with Crippen LogP contribution < -0.4 is 5.73 Å². The average Bonchev–Trinajstić information content (AvgIpc) is 3.03. The van der Waals surface area contributed by atoms with Crippen LogP contribution in [0.2, 0.25) is 0 Å². The van der Waals surface area contributed by atoms with E-state index in [-0.39, 0.29) is 5.91 Å². The van der Waals surface area contributed by atoms with Gasteiger partial charge in [-0.2, -0.15) is 0 Å². The van der Waals surface area contributed by atoms with E-state index in [9.17, 15) is 4.79 Å². The summed E-state index contributed by atoms with van der Waals surface area (Å²) in [4.78, 5) is 17.8. The van der Waals surface area contributed by atoms with Gasteiger partial charge >= 0.3 is 0 Å². The molecule has 1 amide bonds. The number of nitrogens with zero attached hydrogens (tertiary/aromatic N) is 2. The lowest BCUT2D eigenvalue weighted by molar-refractivity contribution is -0.135. The predicted molar refractivity (Wildman–Crippen MR) is 80.0 cm³/mol. The third kappa shape index (κ3) is 3.02. The Bertz CT molecular complexity index is 478. The van der Waals surface area contributed by atoms with Crippen molar-refractivity contribution in [3.8, 4) is 0 Å². The lowest BCUT2D eigenvalue weighted by Crippen LogP contribution is -2.53. The Labute approximate surface area is 125 Å². The Morgan fingerprint density at radius 2 is 2.00 bits per heavy atom. The molecule has 4 nitrogen and oxygen atoms in total. The molecule has 2 aliphatic rings. The molecule has 1 aromatic rings. The zero-order valence-electron chi connectivity index (χ0n) is 10.8. The summed E-state index contributed by atoms with van der Waals surface area (Å²) in [6.07, 6.45) is 1.71. The van der Waals surface area contributed by atoms with Crippen LogP contribution in [-0.4, -0.2) is 47.4 Å². The molecule has 1 aliphatic carbocycles. The van der Waals surface area contributed by atoms with Crippen molar-refractivity contribution in [1.29, 1.82) is 0 Å². The van der Waals surface area contributed by atoms with Crippen LogP contribution in [0.5, 0.6) is 0 Å². The fourth-order valence-electron chi connectivity index (χ4n) is 2.43. The second kappa shape index (κ2) is 5.16. The second-order valence-corrected chi connectivity index (χ2v) is 7.98. The number of carbonyl (C=O) groups is 1. The molecular weight excluding hydrogens is 326 g/mol.